The van der Waals surface area contributed by atoms with Crippen molar-refractivity contribution in [1.82, 2.24) is 0 Å². The number of rotatable bonds is 37. The van der Waals surface area contributed by atoms with E-state index in [2.05, 4.69) is 26.0 Å². The van der Waals surface area contributed by atoms with Crippen molar-refractivity contribution < 1.29 is 63.1 Å². The van der Waals surface area contributed by atoms with Crippen LogP contribution in [0.15, 0.2) is 12.2 Å². The van der Waals surface area contributed by atoms with Crippen molar-refractivity contribution in [1.29, 1.82) is 0 Å². The summed E-state index contributed by atoms with van der Waals surface area (Å²) in [4.78, 5) is 35.6. The molecule has 1 rings (SSSR count). The Morgan fingerprint density at radius 1 is 0.526 bits per heavy atom. The van der Waals surface area contributed by atoms with E-state index in [0.29, 0.717) is 12.8 Å². The van der Waals surface area contributed by atoms with Crippen LogP contribution in [0.2, 0.25) is 0 Å². The van der Waals surface area contributed by atoms with Gasteiger partial charge in [-0.3, -0.25) is 18.6 Å². The molecule has 0 radical (unpaired) electrons. The van der Waals surface area contributed by atoms with Gasteiger partial charge in [-0.1, -0.05) is 154 Å². The van der Waals surface area contributed by atoms with Crippen LogP contribution in [-0.4, -0.2) is 98.3 Å². The van der Waals surface area contributed by atoms with Crippen LogP contribution in [0.4, 0.5) is 0 Å². The van der Waals surface area contributed by atoms with Gasteiger partial charge in [0, 0.05) is 12.8 Å². The summed E-state index contributed by atoms with van der Waals surface area (Å²) in [6, 6.07) is 0. The molecule has 0 amide bonds. The van der Waals surface area contributed by atoms with Gasteiger partial charge in [-0.2, -0.15) is 0 Å². The molecule has 0 aromatic carbocycles. The molecule has 1 fully saturated rings. The smallest absolute Gasteiger partial charge is 0.462 e. The fourth-order valence-electron chi connectivity index (χ4n) is 6.93. The third kappa shape index (κ3) is 27.1. The maximum Gasteiger partial charge on any atom is 0.472 e. The minimum absolute atomic E-state index is 0.0907. The number of phosphoric acid groups is 1. The van der Waals surface area contributed by atoms with Crippen LogP contribution in [0.25, 0.3) is 0 Å². The van der Waals surface area contributed by atoms with Crippen LogP contribution in [0.1, 0.15) is 194 Å². The molecular formula is C43H81O13P. The van der Waals surface area contributed by atoms with E-state index >= 15 is 0 Å². The molecule has 13 nitrogen and oxygen atoms in total. The fraction of sp³-hybridized carbons (Fsp3) is 0.907. The summed E-state index contributed by atoms with van der Waals surface area (Å²) in [5, 5.41) is 50.1. The van der Waals surface area contributed by atoms with Crippen LogP contribution in [-0.2, 0) is 32.7 Å². The van der Waals surface area contributed by atoms with E-state index in [1.165, 1.54) is 96.3 Å². The van der Waals surface area contributed by atoms with Gasteiger partial charge in [-0.15, -0.1) is 0 Å². The first-order valence-electron chi connectivity index (χ1n) is 22.5. The molecule has 0 heterocycles. The molecular weight excluding hydrogens is 755 g/mol. The van der Waals surface area contributed by atoms with Crippen LogP contribution in [0.5, 0.6) is 0 Å². The first-order valence-corrected chi connectivity index (χ1v) is 24.0. The number of carbonyl (C=O) groups is 2. The van der Waals surface area contributed by atoms with Gasteiger partial charge in [0.25, 0.3) is 0 Å². The van der Waals surface area contributed by atoms with E-state index in [-0.39, 0.29) is 12.8 Å². The van der Waals surface area contributed by atoms with Gasteiger partial charge < -0.3 is 39.9 Å². The fourth-order valence-corrected chi connectivity index (χ4v) is 7.90. The molecule has 6 N–H and O–H groups in total. The predicted molar refractivity (Wildman–Crippen MR) is 221 cm³/mol. The predicted octanol–water partition coefficient (Wildman–Crippen LogP) is 8.28. The Bertz CT molecular complexity index is 1060. The molecule has 336 valence electrons. The lowest BCUT2D eigenvalue weighted by Crippen LogP contribution is -2.64. The number of aliphatic hydroxyl groups excluding tert-OH is 5. The Labute approximate surface area is 343 Å². The van der Waals surface area contributed by atoms with Gasteiger partial charge in [0.1, 0.15) is 43.2 Å². The molecule has 1 aliphatic carbocycles. The summed E-state index contributed by atoms with van der Waals surface area (Å²) >= 11 is 0. The SMILES string of the molecule is CCCCCCCC/C=C/CCCCCCCC(=O)O[C@H](COC(=O)CCCCCCCCCCCCCCC)COP(=O)(O)OC1C(O)C(O)C(O)[C@@H](O)C1O. The third-order valence-electron chi connectivity index (χ3n) is 10.6. The number of allylic oxidation sites excluding steroid dienone is 2. The maximum absolute atomic E-state index is 12.8. The number of hydrogen-bond acceptors (Lipinski definition) is 12. The first kappa shape index (κ1) is 53.6. The second kappa shape index (κ2) is 34.3. The second-order valence-corrected chi connectivity index (χ2v) is 17.3. The van der Waals surface area contributed by atoms with E-state index in [9.17, 15) is 44.6 Å². The summed E-state index contributed by atoms with van der Waals surface area (Å²) in [5.74, 6) is -1.10. The van der Waals surface area contributed by atoms with Crippen molar-refractivity contribution in [3.05, 3.63) is 12.2 Å². The number of ether oxygens (including phenoxy) is 2. The summed E-state index contributed by atoms with van der Waals surface area (Å²) in [6.07, 6.45) is 21.2. The Morgan fingerprint density at radius 2 is 0.895 bits per heavy atom. The lowest BCUT2D eigenvalue weighted by atomic mass is 9.85. The molecule has 14 heteroatoms. The Morgan fingerprint density at radius 3 is 1.33 bits per heavy atom. The average molecular weight is 837 g/mol. The summed E-state index contributed by atoms with van der Waals surface area (Å²) < 4.78 is 33.5. The molecule has 0 aromatic heterocycles. The highest BCUT2D eigenvalue weighted by Gasteiger charge is 2.51. The van der Waals surface area contributed by atoms with E-state index in [0.717, 1.165) is 57.8 Å². The first-order chi connectivity index (χ1) is 27.4. The van der Waals surface area contributed by atoms with Gasteiger partial charge in [0.2, 0.25) is 0 Å². The van der Waals surface area contributed by atoms with Crippen LogP contribution in [0, 0.1) is 0 Å². The molecule has 8 atom stereocenters. The zero-order valence-corrected chi connectivity index (χ0v) is 36.3. The van der Waals surface area contributed by atoms with Crippen molar-refractivity contribution in [3.8, 4) is 0 Å². The van der Waals surface area contributed by atoms with Crippen LogP contribution in [0.3, 0.4) is 0 Å². The topological polar surface area (TPSA) is 210 Å². The molecule has 6 unspecified atom stereocenters. The van der Waals surface area contributed by atoms with Crippen molar-refractivity contribution in [2.75, 3.05) is 13.2 Å². The normalized spacial score (nSPS) is 22.7. The number of esters is 2. The molecule has 0 saturated heterocycles. The lowest BCUT2D eigenvalue weighted by molar-refractivity contribution is -0.220. The Kier molecular flexibility index (Phi) is 32.3. The molecule has 0 aromatic rings. The van der Waals surface area contributed by atoms with E-state index in [1.54, 1.807) is 0 Å². The highest BCUT2D eigenvalue weighted by molar-refractivity contribution is 7.47. The summed E-state index contributed by atoms with van der Waals surface area (Å²) in [7, 11) is -5.11. The Hall–Kier alpha value is -1.41. The lowest BCUT2D eigenvalue weighted by Gasteiger charge is -2.41. The Balaban J connectivity index is 2.48. The standard InChI is InChI=1S/C43H81O13P/c1-3-5-7-9-11-13-15-17-18-20-22-24-26-28-30-32-37(45)55-35(34-54-57(51,52)56-43-41(49)39(47)38(46)40(48)42(43)50)33-53-36(44)31-29-27-25-23-21-19-16-14-12-10-8-6-4-2/h17-18,35,38-43,46-50H,3-16,19-34H2,1-2H3,(H,51,52)/b18-17+/t35-,38?,39-,40?,41?,42?,43?/m1/s1. The van der Waals surface area contributed by atoms with Gasteiger partial charge in [-0.25, -0.2) is 4.57 Å². The monoisotopic (exact) mass is 837 g/mol. The van der Waals surface area contributed by atoms with Crippen molar-refractivity contribution in [2.45, 2.75) is 236 Å². The summed E-state index contributed by atoms with van der Waals surface area (Å²) in [5.41, 5.74) is 0. The number of hydrogen-bond donors (Lipinski definition) is 6. The molecule has 1 saturated carbocycles. The molecule has 57 heavy (non-hydrogen) atoms. The third-order valence-corrected chi connectivity index (χ3v) is 11.6. The molecule has 0 spiro atoms. The van der Waals surface area contributed by atoms with Crippen molar-refractivity contribution in [2.24, 2.45) is 0 Å². The van der Waals surface area contributed by atoms with Gasteiger partial charge in [0.15, 0.2) is 6.10 Å². The number of phosphoric ester groups is 1. The summed E-state index contributed by atoms with van der Waals surface area (Å²) in [6.45, 7) is 3.29. The highest BCUT2D eigenvalue weighted by Crippen LogP contribution is 2.47. The van der Waals surface area contributed by atoms with E-state index in [4.69, 9.17) is 18.5 Å². The van der Waals surface area contributed by atoms with Crippen molar-refractivity contribution >= 4 is 19.8 Å². The van der Waals surface area contributed by atoms with Gasteiger partial charge in [-0.05, 0) is 38.5 Å². The number of carbonyl (C=O) groups excluding carboxylic acids is 2. The highest BCUT2D eigenvalue weighted by atomic mass is 31.2. The quantitative estimate of drug-likeness (QED) is 0.0151. The number of aliphatic hydroxyl groups is 5. The van der Waals surface area contributed by atoms with E-state index in [1.807, 2.05) is 0 Å². The average Bonchev–Trinajstić information content (AvgIpc) is 3.19. The van der Waals surface area contributed by atoms with Gasteiger partial charge in [0.05, 0.1) is 6.61 Å². The molecule has 1 aliphatic rings. The van der Waals surface area contributed by atoms with E-state index < -0.39 is 75.7 Å². The minimum atomic E-state index is -5.11. The van der Waals surface area contributed by atoms with Gasteiger partial charge >= 0.3 is 19.8 Å². The zero-order chi connectivity index (χ0) is 42.2. The molecule has 0 aliphatic heterocycles. The zero-order valence-electron chi connectivity index (χ0n) is 35.4. The van der Waals surface area contributed by atoms with Crippen molar-refractivity contribution in [3.63, 3.8) is 0 Å². The largest absolute Gasteiger partial charge is 0.472 e. The molecule has 0 bridgehead atoms. The van der Waals surface area contributed by atoms with Crippen LogP contribution < -0.4 is 0 Å². The maximum atomic E-state index is 12.8. The van der Waals surface area contributed by atoms with Crippen LogP contribution >= 0.6 is 7.82 Å². The second-order valence-electron chi connectivity index (χ2n) is 15.9. The number of unbranched alkanes of at least 4 members (excludes halogenated alkanes) is 23. The minimum Gasteiger partial charge on any atom is -0.462 e.